The van der Waals surface area contributed by atoms with Crippen molar-refractivity contribution in [1.82, 2.24) is 15.5 Å². The van der Waals surface area contributed by atoms with Crippen molar-refractivity contribution in [3.05, 3.63) is 12.2 Å². The number of carbonyl (C=O) groups excluding carboxylic acids is 3. The van der Waals surface area contributed by atoms with Gasteiger partial charge in [0.1, 0.15) is 12.2 Å². The minimum Gasteiger partial charge on any atom is -0.394 e. The van der Waals surface area contributed by atoms with E-state index in [4.69, 9.17) is 10.5 Å². The van der Waals surface area contributed by atoms with Crippen LogP contribution in [0.15, 0.2) is 12.2 Å². The van der Waals surface area contributed by atoms with Crippen LogP contribution in [0, 0.1) is 0 Å². The number of rotatable bonds is 38. The van der Waals surface area contributed by atoms with Crippen LogP contribution in [0.3, 0.4) is 0 Å². The van der Waals surface area contributed by atoms with E-state index in [2.05, 4.69) is 36.6 Å². The number of nitrogens with two attached hydrogens (primary N) is 1. The highest BCUT2D eigenvalue weighted by Gasteiger charge is 2.52. The number of aliphatic hydroxyl groups is 3. The monoisotopic (exact) mass is 823 g/mol. The van der Waals surface area contributed by atoms with Crippen LogP contribution < -0.4 is 16.4 Å². The molecule has 0 aromatic heterocycles. The largest absolute Gasteiger partial charge is 0.394 e. The summed E-state index contributed by atoms with van der Waals surface area (Å²) in [5, 5.41) is 36.9. The fourth-order valence-electron chi connectivity index (χ4n) is 7.88. The van der Waals surface area contributed by atoms with Crippen LogP contribution in [0.2, 0.25) is 0 Å². The van der Waals surface area contributed by atoms with Gasteiger partial charge in [0.15, 0.2) is 0 Å². The highest BCUT2D eigenvalue weighted by atomic mass is 16.6. The van der Waals surface area contributed by atoms with Crippen LogP contribution in [0.1, 0.15) is 220 Å². The van der Waals surface area contributed by atoms with Crippen molar-refractivity contribution in [3.8, 4) is 0 Å². The van der Waals surface area contributed by atoms with Gasteiger partial charge >= 0.3 is 0 Å². The number of unbranched alkanes of at least 4 members (excludes halogenated alkanes) is 26. The lowest BCUT2D eigenvalue weighted by Crippen LogP contribution is -2.72. The second-order valence-electron chi connectivity index (χ2n) is 17.1. The maximum Gasteiger partial charge on any atom is 0.243 e. The number of nitrogens with one attached hydrogen (secondary N) is 2. The lowest BCUT2D eigenvalue weighted by Gasteiger charge is -2.50. The van der Waals surface area contributed by atoms with Crippen molar-refractivity contribution < 1.29 is 34.4 Å². The lowest BCUT2D eigenvalue weighted by molar-refractivity contribution is -0.280. The Morgan fingerprint density at radius 1 is 0.707 bits per heavy atom. The standard InChI is InChI=1S/C47H90N4O7/c1-4-6-8-10-12-14-16-18-20-22-24-26-28-30-32-34-36-51(44(55)35-33-31-29-27-25-23-21-19-17-15-13-11-9-7-5-2)47(37-41(53)45(56)42(39-52)58-47)50-43(54)38-49-46(57)40(3)48/h19,21,40-42,45,52-53,56H,4-18,20,22-39,48H2,1-3H3,(H,49,57)(H,50,54)/b21-19-/t40-,41+,42+,45-,47-/m0/s1. The fourth-order valence-corrected chi connectivity index (χ4v) is 7.88. The Hall–Kier alpha value is -2.05. The number of ether oxygens (including phenoxy) is 1. The van der Waals surface area contributed by atoms with Gasteiger partial charge in [0.05, 0.1) is 25.3 Å². The topological polar surface area (TPSA) is 174 Å². The predicted octanol–water partition coefficient (Wildman–Crippen LogP) is 8.85. The zero-order valence-electron chi connectivity index (χ0n) is 37.5. The van der Waals surface area contributed by atoms with Crippen molar-refractivity contribution in [3.63, 3.8) is 0 Å². The van der Waals surface area contributed by atoms with Crippen LogP contribution in [-0.4, -0.2) is 87.8 Å². The maximum absolute atomic E-state index is 14.1. The first-order valence-corrected chi connectivity index (χ1v) is 24.1. The average Bonchev–Trinajstić information content (AvgIpc) is 3.20. The van der Waals surface area contributed by atoms with Gasteiger partial charge in [0.2, 0.25) is 23.6 Å². The number of hydrogen-bond donors (Lipinski definition) is 6. The van der Waals surface area contributed by atoms with Gasteiger partial charge in [-0.15, -0.1) is 0 Å². The van der Waals surface area contributed by atoms with Crippen molar-refractivity contribution in [1.29, 1.82) is 0 Å². The number of hydrogen-bond acceptors (Lipinski definition) is 8. The Morgan fingerprint density at radius 3 is 1.59 bits per heavy atom. The van der Waals surface area contributed by atoms with Crippen LogP contribution in [0.5, 0.6) is 0 Å². The summed E-state index contributed by atoms with van der Waals surface area (Å²) in [5.74, 6) is -3.18. The number of carbonyl (C=O) groups is 3. The molecule has 0 spiro atoms. The molecule has 0 saturated carbocycles. The second kappa shape index (κ2) is 35.7. The zero-order chi connectivity index (χ0) is 42.7. The number of amides is 3. The first kappa shape index (κ1) is 54.0. The van der Waals surface area contributed by atoms with Gasteiger partial charge in [0.25, 0.3) is 0 Å². The summed E-state index contributed by atoms with van der Waals surface area (Å²) in [6.07, 6.45) is 35.0. The number of allylic oxidation sites excluding steroid dienone is 2. The van der Waals surface area contributed by atoms with E-state index in [1.54, 1.807) is 0 Å². The Morgan fingerprint density at radius 2 is 1.14 bits per heavy atom. The molecule has 11 heteroatoms. The minimum atomic E-state index is -1.81. The Kier molecular flexibility index (Phi) is 33.2. The van der Waals surface area contributed by atoms with Gasteiger partial charge in [-0.1, -0.05) is 174 Å². The molecule has 5 atom stereocenters. The Bertz CT molecular complexity index is 1060. The van der Waals surface area contributed by atoms with E-state index >= 15 is 0 Å². The maximum atomic E-state index is 14.1. The smallest absolute Gasteiger partial charge is 0.243 e. The SMILES string of the molecule is CCCCCCCC/C=C\CCCCCCCC(=O)N(CCCCCCCCCCCCCCCCCC)[C@@]1(NC(=O)CNC(=O)[C@H](C)N)C[C@@H](O)[C@H](O)[C@@H](CO)O1. The van der Waals surface area contributed by atoms with Crippen molar-refractivity contribution in [2.45, 2.75) is 250 Å². The average molecular weight is 823 g/mol. The summed E-state index contributed by atoms with van der Waals surface area (Å²) in [7, 11) is 0. The molecule has 1 heterocycles. The normalized spacial score (nSPS) is 20.0. The van der Waals surface area contributed by atoms with Crippen molar-refractivity contribution in [2.75, 3.05) is 19.7 Å². The fraction of sp³-hybridized carbons (Fsp3) is 0.894. The van der Waals surface area contributed by atoms with E-state index in [0.717, 1.165) is 57.8 Å². The third-order valence-electron chi connectivity index (χ3n) is 11.6. The summed E-state index contributed by atoms with van der Waals surface area (Å²) >= 11 is 0. The Balaban J connectivity index is 2.73. The first-order valence-electron chi connectivity index (χ1n) is 24.1. The molecule has 0 aromatic rings. The summed E-state index contributed by atoms with van der Waals surface area (Å²) in [5.41, 5.74) is 5.66. The molecule has 0 radical (unpaired) electrons. The van der Waals surface area contributed by atoms with Crippen molar-refractivity contribution in [2.24, 2.45) is 5.73 Å². The van der Waals surface area contributed by atoms with Gasteiger partial charge in [-0.05, 0) is 45.4 Å². The van der Waals surface area contributed by atoms with Gasteiger partial charge in [-0.3, -0.25) is 19.3 Å². The van der Waals surface area contributed by atoms with Crippen LogP contribution in [0.25, 0.3) is 0 Å². The molecule has 3 amide bonds. The molecule has 7 N–H and O–H groups in total. The number of aliphatic hydroxyl groups excluding tert-OH is 3. The molecule has 58 heavy (non-hydrogen) atoms. The summed E-state index contributed by atoms with van der Waals surface area (Å²) in [6.45, 7) is 5.26. The minimum absolute atomic E-state index is 0.223. The molecule has 1 saturated heterocycles. The number of nitrogens with zero attached hydrogens (tertiary/aromatic N) is 1. The third-order valence-corrected chi connectivity index (χ3v) is 11.6. The molecule has 0 aliphatic carbocycles. The molecule has 0 unspecified atom stereocenters. The quantitative estimate of drug-likeness (QED) is 0.0204. The molecule has 0 aromatic carbocycles. The van der Waals surface area contributed by atoms with Crippen molar-refractivity contribution >= 4 is 17.7 Å². The van der Waals surface area contributed by atoms with Gasteiger partial charge < -0.3 is 36.4 Å². The van der Waals surface area contributed by atoms with E-state index in [1.807, 2.05) is 0 Å². The van der Waals surface area contributed by atoms with E-state index in [0.29, 0.717) is 12.8 Å². The van der Waals surface area contributed by atoms with Crippen LogP contribution >= 0.6 is 0 Å². The molecular weight excluding hydrogens is 733 g/mol. The molecule has 1 aliphatic heterocycles. The van der Waals surface area contributed by atoms with Gasteiger partial charge in [-0.2, -0.15) is 0 Å². The summed E-state index contributed by atoms with van der Waals surface area (Å²) in [4.78, 5) is 41.0. The van der Waals surface area contributed by atoms with Crippen LogP contribution in [0.4, 0.5) is 0 Å². The molecule has 0 bridgehead atoms. The van der Waals surface area contributed by atoms with Crippen LogP contribution in [-0.2, 0) is 19.1 Å². The van der Waals surface area contributed by atoms with E-state index in [9.17, 15) is 29.7 Å². The lowest BCUT2D eigenvalue weighted by atomic mass is 9.96. The van der Waals surface area contributed by atoms with E-state index < -0.39 is 55.2 Å². The Labute approximate surface area is 354 Å². The van der Waals surface area contributed by atoms with Gasteiger partial charge in [-0.25, -0.2) is 0 Å². The summed E-state index contributed by atoms with van der Waals surface area (Å²) in [6, 6.07) is -0.817. The molecule has 340 valence electrons. The zero-order valence-corrected chi connectivity index (χ0v) is 37.5. The van der Waals surface area contributed by atoms with E-state index in [-0.39, 0.29) is 25.3 Å². The molecule has 11 nitrogen and oxygen atoms in total. The third kappa shape index (κ3) is 25.5. The predicted molar refractivity (Wildman–Crippen MR) is 237 cm³/mol. The molecular formula is C47H90N4O7. The first-order chi connectivity index (χ1) is 28.1. The molecule has 1 fully saturated rings. The summed E-state index contributed by atoms with van der Waals surface area (Å²) < 4.78 is 6.19. The highest BCUT2D eigenvalue weighted by molar-refractivity contribution is 5.87. The molecule has 1 rings (SSSR count). The van der Waals surface area contributed by atoms with E-state index in [1.165, 1.54) is 127 Å². The molecule has 1 aliphatic rings. The highest BCUT2D eigenvalue weighted by Crippen LogP contribution is 2.32. The van der Waals surface area contributed by atoms with Gasteiger partial charge in [0, 0.05) is 19.4 Å². The second-order valence-corrected chi connectivity index (χ2v) is 17.1.